The molecule has 1 aromatic heterocycles. The van der Waals surface area contributed by atoms with E-state index in [-0.39, 0.29) is 11.3 Å². The quantitative estimate of drug-likeness (QED) is 0.790. The molecule has 3 rings (SSSR count). The number of halogens is 1. The molecular formula is C18H20FNO3. The van der Waals surface area contributed by atoms with Gasteiger partial charge in [-0.3, -0.25) is 4.79 Å². The highest BCUT2D eigenvalue weighted by Gasteiger charge is 2.20. The molecule has 0 unspecified atom stereocenters. The van der Waals surface area contributed by atoms with E-state index in [0.717, 1.165) is 25.9 Å². The van der Waals surface area contributed by atoms with Crippen molar-refractivity contribution in [2.45, 2.75) is 12.8 Å². The van der Waals surface area contributed by atoms with Gasteiger partial charge in [0.05, 0.1) is 12.2 Å². The predicted octanol–water partition coefficient (Wildman–Crippen LogP) is 3.62. The number of nitrogens with zero attached hydrogens (tertiary/aromatic N) is 1. The zero-order chi connectivity index (χ0) is 16.2. The number of hydrogen-bond acceptors (Lipinski definition) is 4. The third-order valence-electron chi connectivity index (χ3n) is 4.28. The highest BCUT2D eigenvalue weighted by molar-refractivity contribution is 5.74. The average molecular weight is 317 g/mol. The van der Waals surface area contributed by atoms with Gasteiger partial charge in [0.1, 0.15) is 17.3 Å². The second-order valence-electron chi connectivity index (χ2n) is 5.99. The molecule has 1 aliphatic rings. The van der Waals surface area contributed by atoms with E-state index < -0.39 is 5.82 Å². The van der Waals surface area contributed by atoms with Crippen LogP contribution in [-0.4, -0.2) is 37.9 Å². The van der Waals surface area contributed by atoms with Gasteiger partial charge < -0.3 is 14.1 Å². The summed E-state index contributed by atoms with van der Waals surface area (Å²) in [5, 5.41) is 0. The fraction of sp³-hybridized carbons (Fsp3) is 0.389. The number of piperidine rings is 1. The molecule has 0 spiro atoms. The van der Waals surface area contributed by atoms with E-state index in [9.17, 15) is 9.18 Å². The molecule has 0 atom stereocenters. The van der Waals surface area contributed by atoms with Gasteiger partial charge in [0.15, 0.2) is 12.0 Å². The standard InChI is InChI=1S/C18H20FNO3/c1-20-9-7-13(8-10-20)12-22-16-4-2-3-15(19)18(16)17-6-5-14(11-21)23-17/h2-6,11,13H,7-10,12H2,1H3. The Labute approximate surface area is 134 Å². The fourth-order valence-electron chi connectivity index (χ4n) is 2.85. The number of carbonyl (C=O) groups is 1. The van der Waals surface area contributed by atoms with Crippen LogP contribution >= 0.6 is 0 Å². The summed E-state index contributed by atoms with van der Waals surface area (Å²) in [6.07, 6.45) is 2.76. The van der Waals surface area contributed by atoms with Crippen LogP contribution < -0.4 is 4.74 Å². The summed E-state index contributed by atoms with van der Waals surface area (Å²) in [4.78, 5) is 13.1. The smallest absolute Gasteiger partial charge is 0.185 e. The van der Waals surface area contributed by atoms with Crippen LogP contribution in [0.3, 0.4) is 0 Å². The highest BCUT2D eigenvalue weighted by atomic mass is 19.1. The Balaban J connectivity index is 1.76. The van der Waals surface area contributed by atoms with Crippen LogP contribution in [0.2, 0.25) is 0 Å². The maximum absolute atomic E-state index is 14.2. The Morgan fingerprint density at radius 1 is 1.30 bits per heavy atom. The summed E-state index contributed by atoms with van der Waals surface area (Å²) in [6.45, 7) is 2.68. The van der Waals surface area contributed by atoms with Crippen LogP contribution in [0.5, 0.6) is 5.75 Å². The van der Waals surface area contributed by atoms with Crippen molar-refractivity contribution in [1.29, 1.82) is 0 Å². The Kier molecular flexibility index (Phi) is 4.76. The van der Waals surface area contributed by atoms with Crippen molar-refractivity contribution < 1.29 is 18.3 Å². The zero-order valence-electron chi connectivity index (χ0n) is 13.1. The van der Waals surface area contributed by atoms with E-state index in [1.807, 2.05) is 0 Å². The van der Waals surface area contributed by atoms with Crippen molar-refractivity contribution in [2.24, 2.45) is 5.92 Å². The molecular weight excluding hydrogens is 297 g/mol. The number of furan rings is 1. The summed E-state index contributed by atoms with van der Waals surface area (Å²) in [6, 6.07) is 7.82. The van der Waals surface area contributed by atoms with Crippen molar-refractivity contribution in [1.82, 2.24) is 4.90 Å². The van der Waals surface area contributed by atoms with Gasteiger partial charge in [-0.1, -0.05) is 6.07 Å². The average Bonchev–Trinajstić information content (AvgIpc) is 3.03. The van der Waals surface area contributed by atoms with Gasteiger partial charge in [-0.2, -0.15) is 0 Å². The Morgan fingerprint density at radius 2 is 2.09 bits per heavy atom. The van der Waals surface area contributed by atoms with Gasteiger partial charge in [0.25, 0.3) is 0 Å². The first-order valence-corrected chi connectivity index (χ1v) is 7.82. The SMILES string of the molecule is CN1CCC(COc2cccc(F)c2-c2ccc(C=O)o2)CC1. The van der Waals surface area contributed by atoms with Crippen molar-refractivity contribution in [3.8, 4) is 17.1 Å². The third-order valence-corrected chi connectivity index (χ3v) is 4.28. The van der Waals surface area contributed by atoms with Gasteiger partial charge in [-0.05, 0) is 63.2 Å². The van der Waals surface area contributed by atoms with Crippen LogP contribution in [0.1, 0.15) is 23.4 Å². The van der Waals surface area contributed by atoms with Gasteiger partial charge in [0.2, 0.25) is 0 Å². The Hall–Kier alpha value is -2.14. The van der Waals surface area contributed by atoms with Gasteiger partial charge in [-0.15, -0.1) is 0 Å². The molecule has 122 valence electrons. The van der Waals surface area contributed by atoms with E-state index in [1.165, 1.54) is 12.1 Å². The lowest BCUT2D eigenvalue weighted by Gasteiger charge is -2.28. The minimum atomic E-state index is -0.419. The molecule has 0 aliphatic carbocycles. The number of rotatable bonds is 5. The summed E-state index contributed by atoms with van der Waals surface area (Å²) in [7, 11) is 2.11. The lowest BCUT2D eigenvalue weighted by atomic mass is 9.98. The number of aldehydes is 1. The summed E-state index contributed by atoms with van der Waals surface area (Å²) in [5.74, 6) is 0.992. The molecule has 23 heavy (non-hydrogen) atoms. The lowest BCUT2D eigenvalue weighted by molar-refractivity contribution is 0.110. The molecule has 0 radical (unpaired) electrons. The molecule has 5 heteroatoms. The topological polar surface area (TPSA) is 42.7 Å². The molecule has 1 aliphatic heterocycles. The number of ether oxygens (including phenoxy) is 1. The van der Waals surface area contributed by atoms with Gasteiger partial charge in [-0.25, -0.2) is 4.39 Å². The van der Waals surface area contributed by atoms with Crippen LogP contribution in [0.15, 0.2) is 34.7 Å². The molecule has 0 amide bonds. The van der Waals surface area contributed by atoms with Crippen molar-refractivity contribution >= 4 is 6.29 Å². The molecule has 1 aromatic carbocycles. The van der Waals surface area contributed by atoms with Crippen molar-refractivity contribution in [2.75, 3.05) is 26.7 Å². The second kappa shape index (κ2) is 6.96. The summed E-state index contributed by atoms with van der Waals surface area (Å²) >= 11 is 0. The first-order chi connectivity index (χ1) is 11.2. The molecule has 1 saturated heterocycles. The lowest BCUT2D eigenvalue weighted by Crippen LogP contribution is -2.32. The minimum absolute atomic E-state index is 0.171. The van der Waals surface area contributed by atoms with E-state index in [2.05, 4.69) is 11.9 Å². The van der Waals surface area contributed by atoms with E-state index in [1.54, 1.807) is 18.2 Å². The highest BCUT2D eigenvalue weighted by Crippen LogP contribution is 2.34. The van der Waals surface area contributed by atoms with Crippen molar-refractivity contribution in [3.63, 3.8) is 0 Å². The predicted molar refractivity (Wildman–Crippen MR) is 85.2 cm³/mol. The maximum Gasteiger partial charge on any atom is 0.185 e. The van der Waals surface area contributed by atoms with Gasteiger partial charge >= 0.3 is 0 Å². The largest absolute Gasteiger partial charge is 0.492 e. The van der Waals surface area contributed by atoms with Crippen molar-refractivity contribution in [3.05, 3.63) is 41.9 Å². The number of hydrogen-bond donors (Lipinski definition) is 0. The fourth-order valence-corrected chi connectivity index (χ4v) is 2.85. The third kappa shape index (κ3) is 3.62. The Bertz CT molecular complexity index is 675. The van der Waals surface area contributed by atoms with Gasteiger partial charge in [0, 0.05) is 0 Å². The summed E-state index contributed by atoms with van der Waals surface area (Å²) in [5.41, 5.74) is 0.272. The molecule has 0 bridgehead atoms. The molecule has 0 N–H and O–H groups in total. The van der Waals surface area contributed by atoms with E-state index >= 15 is 0 Å². The Morgan fingerprint density at radius 3 is 2.78 bits per heavy atom. The minimum Gasteiger partial charge on any atom is -0.492 e. The van der Waals surface area contributed by atoms with Crippen LogP contribution in [0.4, 0.5) is 4.39 Å². The summed E-state index contributed by atoms with van der Waals surface area (Å²) < 4.78 is 25.5. The zero-order valence-corrected chi connectivity index (χ0v) is 13.1. The normalized spacial score (nSPS) is 16.4. The molecule has 2 heterocycles. The first-order valence-electron chi connectivity index (χ1n) is 7.82. The molecule has 0 saturated carbocycles. The second-order valence-corrected chi connectivity index (χ2v) is 5.99. The van der Waals surface area contributed by atoms with E-state index in [0.29, 0.717) is 30.3 Å². The molecule has 4 nitrogen and oxygen atoms in total. The van der Waals surface area contributed by atoms with Crippen LogP contribution in [0, 0.1) is 11.7 Å². The maximum atomic E-state index is 14.2. The monoisotopic (exact) mass is 317 g/mol. The first kappa shape index (κ1) is 15.7. The van der Waals surface area contributed by atoms with Crippen LogP contribution in [0.25, 0.3) is 11.3 Å². The number of benzene rings is 1. The molecule has 1 fully saturated rings. The molecule has 2 aromatic rings. The number of carbonyl (C=O) groups excluding carboxylic acids is 1. The van der Waals surface area contributed by atoms with E-state index in [4.69, 9.17) is 9.15 Å². The van der Waals surface area contributed by atoms with Crippen LogP contribution in [-0.2, 0) is 0 Å². The number of likely N-dealkylation sites (tertiary alicyclic amines) is 1.